The van der Waals surface area contributed by atoms with E-state index in [-0.39, 0.29) is 11.9 Å². The Kier molecular flexibility index (Phi) is 4.87. The maximum Gasteiger partial charge on any atom is 0.419 e. The van der Waals surface area contributed by atoms with Gasteiger partial charge in [-0.2, -0.15) is 13.2 Å². The second kappa shape index (κ2) is 6.28. The highest BCUT2D eigenvalue weighted by molar-refractivity contribution is 9.10. The summed E-state index contributed by atoms with van der Waals surface area (Å²) in [5.74, 6) is -0.169. The van der Waals surface area contributed by atoms with Gasteiger partial charge in [0.15, 0.2) is 0 Å². The van der Waals surface area contributed by atoms with E-state index in [0.29, 0.717) is 24.2 Å². The van der Waals surface area contributed by atoms with E-state index in [1.165, 1.54) is 6.20 Å². The van der Waals surface area contributed by atoms with Gasteiger partial charge < -0.3 is 15.0 Å². The Morgan fingerprint density at radius 1 is 1.55 bits per heavy atom. The van der Waals surface area contributed by atoms with Crippen molar-refractivity contribution < 1.29 is 17.9 Å². The lowest BCUT2D eigenvalue weighted by Gasteiger charge is -2.30. The quantitative estimate of drug-likeness (QED) is 0.906. The SMILES string of the molecule is CN1CCOC(CNc2ncc(Br)cc2C(F)(F)F)C1. The summed E-state index contributed by atoms with van der Waals surface area (Å²) >= 11 is 3.00. The van der Waals surface area contributed by atoms with E-state index in [0.717, 1.165) is 12.6 Å². The molecule has 1 saturated heterocycles. The van der Waals surface area contributed by atoms with Crippen molar-refractivity contribution in [2.75, 3.05) is 38.6 Å². The minimum absolute atomic E-state index is 0.139. The zero-order valence-corrected chi connectivity index (χ0v) is 12.5. The molecule has 1 unspecified atom stereocenters. The Bertz CT molecular complexity index is 470. The first kappa shape index (κ1) is 15.5. The first-order valence-corrected chi connectivity index (χ1v) is 6.92. The van der Waals surface area contributed by atoms with Crippen molar-refractivity contribution in [1.29, 1.82) is 0 Å². The van der Waals surface area contributed by atoms with Crippen LogP contribution in [0.1, 0.15) is 5.56 Å². The molecular formula is C12H15BrF3N3O. The molecule has 1 atom stereocenters. The van der Waals surface area contributed by atoms with Gasteiger partial charge >= 0.3 is 6.18 Å². The average Bonchev–Trinajstić information content (AvgIpc) is 2.36. The lowest BCUT2D eigenvalue weighted by molar-refractivity contribution is -0.137. The molecule has 0 aromatic carbocycles. The number of halogens is 4. The number of likely N-dealkylation sites (N-methyl/N-ethyl adjacent to an activating group) is 1. The van der Waals surface area contributed by atoms with Crippen molar-refractivity contribution >= 4 is 21.7 Å². The number of hydrogen-bond donors (Lipinski definition) is 1. The third-order valence-corrected chi connectivity index (χ3v) is 3.43. The van der Waals surface area contributed by atoms with Gasteiger partial charge in [0, 0.05) is 30.3 Å². The molecule has 0 aliphatic carbocycles. The van der Waals surface area contributed by atoms with E-state index < -0.39 is 11.7 Å². The number of nitrogens with zero attached hydrogens (tertiary/aromatic N) is 2. The molecule has 1 aromatic heterocycles. The van der Waals surface area contributed by atoms with Crippen LogP contribution in [-0.2, 0) is 10.9 Å². The summed E-state index contributed by atoms with van der Waals surface area (Å²) < 4.78 is 44.5. The van der Waals surface area contributed by atoms with Gasteiger partial charge in [-0.1, -0.05) is 0 Å². The normalized spacial score (nSPS) is 20.9. The molecule has 1 aromatic rings. The van der Waals surface area contributed by atoms with E-state index in [9.17, 15) is 13.2 Å². The minimum atomic E-state index is -4.44. The highest BCUT2D eigenvalue weighted by atomic mass is 79.9. The fourth-order valence-corrected chi connectivity index (χ4v) is 2.33. The highest BCUT2D eigenvalue weighted by Crippen LogP contribution is 2.35. The number of aromatic nitrogens is 1. The van der Waals surface area contributed by atoms with Crippen LogP contribution >= 0.6 is 15.9 Å². The van der Waals surface area contributed by atoms with Crippen molar-refractivity contribution in [3.8, 4) is 0 Å². The summed E-state index contributed by atoms with van der Waals surface area (Å²) in [4.78, 5) is 5.88. The molecule has 1 aliphatic rings. The number of morpholine rings is 1. The van der Waals surface area contributed by atoms with Crippen LogP contribution in [0.2, 0.25) is 0 Å². The summed E-state index contributed by atoms with van der Waals surface area (Å²) in [6.45, 7) is 2.40. The smallest absolute Gasteiger partial charge is 0.374 e. The molecular weight excluding hydrogens is 339 g/mol. The highest BCUT2D eigenvalue weighted by Gasteiger charge is 2.34. The molecule has 4 nitrogen and oxygen atoms in total. The lowest BCUT2D eigenvalue weighted by atomic mass is 10.2. The fourth-order valence-electron chi connectivity index (χ4n) is 2.00. The molecule has 112 valence electrons. The van der Waals surface area contributed by atoms with Gasteiger partial charge in [0.05, 0.1) is 18.3 Å². The summed E-state index contributed by atoms with van der Waals surface area (Å²) in [5, 5.41) is 2.73. The molecule has 0 saturated carbocycles. The second-order valence-corrected chi connectivity index (χ2v) is 5.60. The van der Waals surface area contributed by atoms with E-state index >= 15 is 0 Å². The van der Waals surface area contributed by atoms with Crippen LogP contribution in [-0.4, -0.2) is 49.3 Å². The number of nitrogens with one attached hydrogen (secondary N) is 1. The molecule has 0 bridgehead atoms. The molecule has 0 radical (unpaired) electrons. The first-order valence-electron chi connectivity index (χ1n) is 6.13. The molecule has 2 heterocycles. The third kappa shape index (κ3) is 4.07. The zero-order valence-electron chi connectivity index (χ0n) is 10.9. The van der Waals surface area contributed by atoms with Gasteiger partial charge in [0.1, 0.15) is 5.82 Å². The van der Waals surface area contributed by atoms with Crippen LogP contribution in [0.4, 0.5) is 19.0 Å². The molecule has 20 heavy (non-hydrogen) atoms. The Labute approximate surface area is 123 Å². The molecule has 0 spiro atoms. The molecule has 1 fully saturated rings. The predicted molar refractivity (Wildman–Crippen MR) is 72.7 cm³/mol. The van der Waals surface area contributed by atoms with E-state index in [1.54, 1.807) is 0 Å². The van der Waals surface area contributed by atoms with Crippen molar-refractivity contribution in [3.63, 3.8) is 0 Å². The Morgan fingerprint density at radius 2 is 2.30 bits per heavy atom. The van der Waals surface area contributed by atoms with Crippen molar-refractivity contribution in [2.45, 2.75) is 12.3 Å². The zero-order chi connectivity index (χ0) is 14.8. The van der Waals surface area contributed by atoms with Crippen LogP contribution in [0, 0.1) is 0 Å². The molecule has 2 rings (SSSR count). The largest absolute Gasteiger partial charge is 0.419 e. The van der Waals surface area contributed by atoms with Gasteiger partial charge in [0.25, 0.3) is 0 Å². The summed E-state index contributed by atoms with van der Waals surface area (Å²) in [5.41, 5.74) is -0.781. The maximum absolute atomic E-state index is 12.9. The minimum Gasteiger partial charge on any atom is -0.374 e. The van der Waals surface area contributed by atoms with E-state index in [4.69, 9.17) is 4.74 Å². The standard InChI is InChI=1S/C12H15BrF3N3O/c1-19-2-3-20-9(7-19)6-18-11-10(12(14,15)16)4-8(13)5-17-11/h4-5,9H,2-3,6-7H2,1H3,(H,17,18). The number of ether oxygens (including phenoxy) is 1. The van der Waals surface area contributed by atoms with Crippen molar-refractivity contribution in [2.24, 2.45) is 0 Å². The molecule has 1 N–H and O–H groups in total. The number of anilines is 1. The van der Waals surface area contributed by atoms with Crippen LogP contribution in [0.5, 0.6) is 0 Å². The third-order valence-electron chi connectivity index (χ3n) is 3.00. The maximum atomic E-state index is 12.9. The van der Waals surface area contributed by atoms with Gasteiger partial charge in [-0.3, -0.25) is 0 Å². The van der Waals surface area contributed by atoms with Crippen LogP contribution < -0.4 is 5.32 Å². The fraction of sp³-hybridized carbons (Fsp3) is 0.583. The topological polar surface area (TPSA) is 37.4 Å². The predicted octanol–water partition coefficient (Wildman–Crippen LogP) is 2.61. The van der Waals surface area contributed by atoms with Gasteiger partial charge in [-0.05, 0) is 29.0 Å². The average molecular weight is 354 g/mol. The Hall–Kier alpha value is -0.860. The number of alkyl halides is 3. The van der Waals surface area contributed by atoms with Gasteiger partial charge in [-0.25, -0.2) is 4.98 Å². The van der Waals surface area contributed by atoms with E-state index in [2.05, 4.69) is 31.1 Å². The molecule has 8 heteroatoms. The second-order valence-electron chi connectivity index (χ2n) is 4.68. The van der Waals surface area contributed by atoms with Gasteiger partial charge in [-0.15, -0.1) is 0 Å². The molecule has 1 aliphatic heterocycles. The monoisotopic (exact) mass is 353 g/mol. The number of rotatable bonds is 3. The van der Waals surface area contributed by atoms with Crippen molar-refractivity contribution in [1.82, 2.24) is 9.88 Å². The number of pyridine rings is 1. The van der Waals surface area contributed by atoms with Crippen LogP contribution in [0.15, 0.2) is 16.7 Å². The summed E-state index contributed by atoms with van der Waals surface area (Å²) in [6, 6.07) is 1.02. The van der Waals surface area contributed by atoms with Crippen LogP contribution in [0.25, 0.3) is 0 Å². The lowest BCUT2D eigenvalue weighted by Crippen LogP contribution is -2.43. The van der Waals surface area contributed by atoms with Crippen molar-refractivity contribution in [3.05, 3.63) is 22.3 Å². The van der Waals surface area contributed by atoms with Crippen LogP contribution in [0.3, 0.4) is 0 Å². The molecule has 0 amide bonds. The first-order chi connectivity index (χ1) is 9.36. The van der Waals surface area contributed by atoms with E-state index in [1.807, 2.05) is 7.05 Å². The summed E-state index contributed by atoms with van der Waals surface area (Å²) in [7, 11) is 1.95. The number of hydrogen-bond acceptors (Lipinski definition) is 4. The Balaban J connectivity index is 2.05. The summed E-state index contributed by atoms with van der Waals surface area (Å²) in [6.07, 6.45) is -3.24. The van der Waals surface area contributed by atoms with Gasteiger partial charge in [0.2, 0.25) is 0 Å². The Morgan fingerprint density at radius 3 is 2.95 bits per heavy atom.